The fraction of sp³-hybridized carbons (Fsp3) is 0.182. The third-order valence-electron chi connectivity index (χ3n) is 1.59. The van der Waals surface area contributed by atoms with Crippen molar-refractivity contribution in [1.82, 2.24) is 0 Å². The first-order chi connectivity index (χ1) is 6.33. The Morgan fingerprint density at radius 2 is 2.08 bits per heavy atom. The Labute approximate surface area is 78.3 Å². The van der Waals surface area contributed by atoms with Gasteiger partial charge in [0.15, 0.2) is 5.78 Å². The Morgan fingerprint density at radius 1 is 1.38 bits per heavy atom. The average molecular weight is 175 g/mol. The third kappa shape index (κ3) is 3.56. The molecule has 0 aliphatic carbocycles. The van der Waals surface area contributed by atoms with Crippen LogP contribution in [0.1, 0.15) is 6.92 Å². The minimum atomic E-state index is 0.0892. The van der Waals surface area contributed by atoms with Gasteiger partial charge in [0.25, 0.3) is 0 Å². The van der Waals surface area contributed by atoms with Gasteiger partial charge in [-0.3, -0.25) is 4.79 Å². The summed E-state index contributed by atoms with van der Waals surface area (Å²) in [6.45, 7) is 2.19. The molecule has 0 heterocycles. The SMILES string of the molecule is CC=CC(=O)CNc1ccccc1. The maximum absolute atomic E-state index is 11.1. The van der Waals surface area contributed by atoms with Crippen LogP contribution in [0.2, 0.25) is 0 Å². The molecule has 1 rings (SSSR count). The van der Waals surface area contributed by atoms with Gasteiger partial charge >= 0.3 is 0 Å². The second-order valence-electron chi connectivity index (χ2n) is 2.69. The highest BCUT2D eigenvalue weighted by atomic mass is 16.1. The molecule has 1 aromatic rings. The lowest BCUT2D eigenvalue weighted by atomic mass is 10.3. The van der Waals surface area contributed by atoms with Crippen LogP contribution in [0.5, 0.6) is 0 Å². The third-order valence-corrected chi connectivity index (χ3v) is 1.59. The molecule has 68 valence electrons. The molecule has 0 aromatic heterocycles. The largest absolute Gasteiger partial charge is 0.378 e. The summed E-state index contributed by atoms with van der Waals surface area (Å²) in [7, 11) is 0. The molecule has 2 heteroatoms. The Bertz CT molecular complexity index is 290. The van der Waals surface area contributed by atoms with Gasteiger partial charge in [-0.1, -0.05) is 24.3 Å². The highest BCUT2D eigenvalue weighted by Crippen LogP contribution is 2.03. The van der Waals surface area contributed by atoms with Gasteiger partial charge in [0.2, 0.25) is 0 Å². The van der Waals surface area contributed by atoms with E-state index in [1.54, 1.807) is 12.2 Å². The summed E-state index contributed by atoms with van der Waals surface area (Å²) in [5.41, 5.74) is 0.973. The number of benzene rings is 1. The number of hydrogen-bond acceptors (Lipinski definition) is 2. The van der Waals surface area contributed by atoms with Crippen LogP contribution in [-0.4, -0.2) is 12.3 Å². The van der Waals surface area contributed by atoms with Crippen LogP contribution in [0, 0.1) is 0 Å². The number of carbonyl (C=O) groups is 1. The van der Waals surface area contributed by atoms with Gasteiger partial charge in [0.05, 0.1) is 6.54 Å². The van der Waals surface area contributed by atoms with E-state index >= 15 is 0 Å². The van der Waals surface area contributed by atoms with E-state index in [2.05, 4.69) is 5.32 Å². The Balaban J connectivity index is 2.40. The zero-order chi connectivity index (χ0) is 9.52. The zero-order valence-electron chi connectivity index (χ0n) is 7.66. The lowest BCUT2D eigenvalue weighted by Gasteiger charge is -2.02. The van der Waals surface area contributed by atoms with Crippen LogP contribution in [0.15, 0.2) is 42.5 Å². The lowest BCUT2D eigenvalue weighted by molar-refractivity contribution is -0.113. The van der Waals surface area contributed by atoms with Gasteiger partial charge in [-0.25, -0.2) is 0 Å². The predicted octanol–water partition coefficient (Wildman–Crippen LogP) is 2.24. The fourth-order valence-corrected chi connectivity index (χ4v) is 0.990. The predicted molar refractivity (Wildman–Crippen MR) is 54.8 cm³/mol. The summed E-state index contributed by atoms with van der Waals surface area (Å²) < 4.78 is 0. The van der Waals surface area contributed by atoms with Crippen LogP contribution >= 0.6 is 0 Å². The number of allylic oxidation sites excluding steroid dienone is 1. The maximum atomic E-state index is 11.1. The second-order valence-corrected chi connectivity index (χ2v) is 2.69. The molecule has 0 aliphatic heterocycles. The van der Waals surface area contributed by atoms with E-state index in [9.17, 15) is 4.79 Å². The minimum absolute atomic E-state index is 0.0892. The van der Waals surface area contributed by atoms with Gasteiger partial charge in [0.1, 0.15) is 0 Å². The van der Waals surface area contributed by atoms with Crippen molar-refractivity contribution in [2.45, 2.75) is 6.92 Å². The van der Waals surface area contributed by atoms with E-state index in [1.807, 2.05) is 37.3 Å². The van der Waals surface area contributed by atoms with E-state index in [4.69, 9.17) is 0 Å². The first kappa shape index (κ1) is 9.52. The van der Waals surface area contributed by atoms with E-state index in [-0.39, 0.29) is 5.78 Å². The summed E-state index contributed by atoms with van der Waals surface area (Å²) >= 11 is 0. The molecule has 0 saturated carbocycles. The summed E-state index contributed by atoms with van der Waals surface area (Å²) in [4.78, 5) is 11.1. The van der Waals surface area contributed by atoms with Gasteiger partial charge in [-0.15, -0.1) is 0 Å². The van der Waals surface area contributed by atoms with Crippen molar-refractivity contribution < 1.29 is 4.79 Å². The number of ketones is 1. The van der Waals surface area contributed by atoms with E-state index in [0.717, 1.165) is 5.69 Å². The fourth-order valence-electron chi connectivity index (χ4n) is 0.990. The Kier molecular flexibility index (Phi) is 3.76. The minimum Gasteiger partial charge on any atom is -0.378 e. The molecule has 2 nitrogen and oxygen atoms in total. The van der Waals surface area contributed by atoms with Crippen molar-refractivity contribution in [2.24, 2.45) is 0 Å². The van der Waals surface area contributed by atoms with E-state index in [1.165, 1.54) is 0 Å². The van der Waals surface area contributed by atoms with Crippen LogP contribution < -0.4 is 5.32 Å². The summed E-state index contributed by atoms with van der Waals surface area (Å²) in [6, 6.07) is 9.68. The summed E-state index contributed by atoms with van der Waals surface area (Å²) in [5.74, 6) is 0.0892. The molecular formula is C11H13NO. The monoisotopic (exact) mass is 175 g/mol. The van der Waals surface area contributed by atoms with Crippen molar-refractivity contribution in [3.63, 3.8) is 0 Å². The first-order valence-corrected chi connectivity index (χ1v) is 4.27. The van der Waals surface area contributed by atoms with Gasteiger partial charge in [0, 0.05) is 5.69 Å². The molecule has 0 radical (unpaired) electrons. The van der Waals surface area contributed by atoms with Gasteiger partial charge in [-0.2, -0.15) is 0 Å². The van der Waals surface area contributed by atoms with Crippen molar-refractivity contribution in [1.29, 1.82) is 0 Å². The number of anilines is 1. The van der Waals surface area contributed by atoms with E-state index in [0.29, 0.717) is 6.54 Å². The maximum Gasteiger partial charge on any atom is 0.174 e. The molecular weight excluding hydrogens is 162 g/mol. The molecule has 0 spiro atoms. The van der Waals surface area contributed by atoms with Crippen molar-refractivity contribution in [3.8, 4) is 0 Å². The Morgan fingerprint density at radius 3 is 2.69 bits per heavy atom. The topological polar surface area (TPSA) is 29.1 Å². The van der Waals surface area contributed by atoms with Crippen LogP contribution in [0.25, 0.3) is 0 Å². The first-order valence-electron chi connectivity index (χ1n) is 4.27. The van der Waals surface area contributed by atoms with E-state index < -0.39 is 0 Å². The number of rotatable bonds is 4. The Hall–Kier alpha value is -1.57. The van der Waals surface area contributed by atoms with Crippen LogP contribution in [-0.2, 0) is 4.79 Å². The summed E-state index contributed by atoms with van der Waals surface area (Å²) in [5, 5.41) is 3.03. The van der Waals surface area contributed by atoms with Gasteiger partial charge < -0.3 is 5.32 Å². The smallest absolute Gasteiger partial charge is 0.174 e. The molecule has 0 atom stereocenters. The van der Waals surface area contributed by atoms with Crippen molar-refractivity contribution in [2.75, 3.05) is 11.9 Å². The number of nitrogens with one attached hydrogen (secondary N) is 1. The second kappa shape index (κ2) is 5.14. The van der Waals surface area contributed by atoms with Gasteiger partial charge in [-0.05, 0) is 25.1 Å². The molecule has 1 aromatic carbocycles. The number of para-hydroxylation sites is 1. The standard InChI is InChI=1S/C11H13NO/c1-2-6-11(13)9-12-10-7-4-3-5-8-10/h2-8,12H,9H2,1H3. The quantitative estimate of drug-likeness (QED) is 0.711. The van der Waals surface area contributed by atoms with Crippen LogP contribution in [0.3, 0.4) is 0 Å². The molecule has 0 fully saturated rings. The summed E-state index contributed by atoms with van der Waals surface area (Å²) in [6.07, 6.45) is 3.31. The molecule has 0 saturated heterocycles. The highest BCUT2D eigenvalue weighted by molar-refractivity contribution is 5.92. The highest BCUT2D eigenvalue weighted by Gasteiger charge is 1.94. The lowest BCUT2D eigenvalue weighted by Crippen LogP contribution is -2.10. The number of carbonyl (C=O) groups excluding carboxylic acids is 1. The molecule has 0 bridgehead atoms. The molecule has 13 heavy (non-hydrogen) atoms. The van der Waals surface area contributed by atoms with Crippen molar-refractivity contribution >= 4 is 11.5 Å². The molecule has 0 unspecified atom stereocenters. The normalized spacial score (nSPS) is 10.2. The molecule has 0 amide bonds. The van der Waals surface area contributed by atoms with Crippen LogP contribution in [0.4, 0.5) is 5.69 Å². The van der Waals surface area contributed by atoms with Crippen molar-refractivity contribution in [3.05, 3.63) is 42.5 Å². The molecule has 0 aliphatic rings. The molecule has 1 N–H and O–H groups in total. The average Bonchev–Trinajstić information content (AvgIpc) is 2.17. The zero-order valence-corrected chi connectivity index (χ0v) is 7.66. The number of hydrogen-bond donors (Lipinski definition) is 1.